The highest BCUT2D eigenvalue weighted by molar-refractivity contribution is 5.97. The smallest absolute Gasteiger partial charge is 0.344 e. The normalized spacial score (nSPS) is 11.9. The minimum atomic E-state index is -1.23. The molecule has 0 bridgehead atoms. The van der Waals surface area contributed by atoms with Crippen molar-refractivity contribution >= 4 is 17.6 Å². The molecule has 1 atom stereocenters. The van der Waals surface area contributed by atoms with E-state index in [1.165, 1.54) is 6.92 Å². The molecule has 0 saturated heterocycles. The number of anilines is 1. The van der Waals surface area contributed by atoms with Crippen molar-refractivity contribution in [3.63, 3.8) is 0 Å². The highest BCUT2D eigenvalue weighted by Gasteiger charge is 2.24. The average molecular weight is 347 g/mol. The Bertz CT molecular complexity index is 752. The molecule has 1 N–H and O–H groups in total. The number of hydrogen-bond donors (Lipinski definition) is 1. The molecule has 0 radical (unpaired) electrons. The van der Waals surface area contributed by atoms with Crippen LogP contribution in [0, 0.1) is 11.6 Å². The maximum Gasteiger partial charge on any atom is 0.344 e. The summed E-state index contributed by atoms with van der Waals surface area (Å²) in [6, 6.07) is 10.3. The molecule has 6 heteroatoms. The van der Waals surface area contributed by atoms with E-state index in [0.717, 1.165) is 23.8 Å². The van der Waals surface area contributed by atoms with Crippen LogP contribution < -0.4 is 5.32 Å². The lowest BCUT2D eigenvalue weighted by atomic mass is 10.0. The highest BCUT2D eigenvalue weighted by Crippen LogP contribution is 2.18. The molecule has 0 saturated carbocycles. The number of rotatable bonds is 5. The number of carbonyl (C=O) groups excluding carboxylic acids is 2. The van der Waals surface area contributed by atoms with Gasteiger partial charge in [-0.1, -0.05) is 32.0 Å². The molecule has 0 heterocycles. The van der Waals surface area contributed by atoms with Crippen LogP contribution in [0.2, 0.25) is 0 Å². The first kappa shape index (κ1) is 18.6. The number of amides is 1. The van der Waals surface area contributed by atoms with E-state index in [2.05, 4.69) is 19.2 Å². The second kappa shape index (κ2) is 7.88. The van der Waals surface area contributed by atoms with Gasteiger partial charge in [0.1, 0.15) is 17.2 Å². The SMILES string of the molecule is CC(C)c1ccc(NC(=O)[C@@H](C)OC(=O)c2c(F)cccc2F)cc1. The predicted molar refractivity (Wildman–Crippen MR) is 90.4 cm³/mol. The first-order valence-corrected chi connectivity index (χ1v) is 7.85. The third-order valence-electron chi connectivity index (χ3n) is 3.66. The maximum absolute atomic E-state index is 13.6. The highest BCUT2D eigenvalue weighted by atomic mass is 19.1. The number of halogens is 2. The van der Waals surface area contributed by atoms with Crippen LogP contribution in [0.4, 0.5) is 14.5 Å². The largest absolute Gasteiger partial charge is 0.449 e. The second-order valence-corrected chi connectivity index (χ2v) is 5.91. The summed E-state index contributed by atoms with van der Waals surface area (Å²) in [6.07, 6.45) is -1.21. The summed E-state index contributed by atoms with van der Waals surface area (Å²) in [5.41, 5.74) is 0.838. The van der Waals surface area contributed by atoms with Gasteiger partial charge in [0.15, 0.2) is 6.10 Å². The lowest BCUT2D eigenvalue weighted by Crippen LogP contribution is -2.30. The van der Waals surface area contributed by atoms with Gasteiger partial charge in [-0.3, -0.25) is 4.79 Å². The topological polar surface area (TPSA) is 55.4 Å². The molecule has 0 spiro atoms. The van der Waals surface area contributed by atoms with Crippen molar-refractivity contribution in [3.05, 3.63) is 65.2 Å². The summed E-state index contributed by atoms with van der Waals surface area (Å²) in [5, 5.41) is 2.59. The fourth-order valence-electron chi connectivity index (χ4n) is 2.16. The van der Waals surface area contributed by atoms with Crippen molar-refractivity contribution in [2.45, 2.75) is 32.8 Å². The number of esters is 1. The number of nitrogens with one attached hydrogen (secondary N) is 1. The minimum absolute atomic E-state index is 0.361. The molecule has 0 aromatic heterocycles. The van der Waals surface area contributed by atoms with Gasteiger partial charge in [0.25, 0.3) is 5.91 Å². The van der Waals surface area contributed by atoms with Gasteiger partial charge in [0.2, 0.25) is 0 Å². The van der Waals surface area contributed by atoms with E-state index in [0.29, 0.717) is 11.6 Å². The van der Waals surface area contributed by atoms with Crippen molar-refractivity contribution < 1.29 is 23.1 Å². The molecular weight excluding hydrogens is 328 g/mol. The zero-order valence-electron chi connectivity index (χ0n) is 14.2. The van der Waals surface area contributed by atoms with Crippen LogP contribution in [0.1, 0.15) is 42.6 Å². The van der Waals surface area contributed by atoms with Crippen molar-refractivity contribution in [1.82, 2.24) is 0 Å². The van der Waals surface area contributed by atoms with E-state index < -0.39 is 35.2 Å². The van der Waals surface area contributed by atoms with Crippen LogP contribution >= 0.6 is 0 Å². The Morgan fingerprint density at radius 3 is 2.04 bits per heavy atom. The lowest BCUT2D eigenvalue weighted by molar-refractivity contribution is -0.123. The fourth-order valence-corrected chi connectivity index (χ4v) is 2.16. The van der Waals surface area contributed by atoms with E-state index in [4.69, 9.17) is 4.74 Å². The van der Waals surface area contributed by atoms with Gasteiger partial charge in [-0.25, -0.2) is 13.6 Å². The summed E-state index contributed by atoms with van der Waals surface area (Å²) in [4.78, 5) is 24.0. The van der Waals surface area contributed by atoms with Crippen LogP contribution in [-0.2, 0) is 9.53 Å². The Balaban J connectivity index is 2.01. The van der Waals surface area contributed by atoms with Gasteiger partial charge < -0.3 is 10.1 Å². The average Bonchev–Trinajstić information content (AvgIpc) is 2.55. The lowest BCUT2D eigenvalue weighted by Gasteiger charge is -2.14. The van der Waals surface area contributed by atoms with E-state index >= 15 is 0 Å². The molecular formula is C19H19F2NO3. The Morgan fingerprint density at radius 2 is 1.52 bits per heavy atom. The van der Waals surface area contributed by atoms with Gasteiger partial charge in [0, 0.05) is 5.69 Å². The molecule has 25 heavy (non-hydrogen) atoms. The maximum atomic E-state index is 13.6. The van der Waals surface area contributed by atoms with E-state index in [-0.39, 0.29) is 0 Å². The van der Waals surface area contributed by atoms with Gasteiger partial charge >= 0.3 is 5.97 Å². The molecule has 1 amide bonds. The van der Waals surface area contributed by atoms with Crippen molar-refractivity contribution in [3.8, 4) is 0 Å². The molecule has 0 fully saturated rings. The van der Waals surface area contributed by atoms with Crippen LogP contribution in [0.5, 0.6) is 0 Å². The number of carbonyl (C=O) groups is 2. The summed E-state index contributed by atoms with van der Waals surface area (Å²) < 4.78 is 32.0. The summed E-state index contributed by atoms with van der Waals surface area (Å²) >= 11 is 0. The Morgan fingerprint density at radius 1 is 0.960 bits per heavy atom. The standard InChI is InChI=1S/C19H19F2NO3/c1-11(2)13-7-9-14(10-8-13)22-18(23)12(3)25-19(24)17-15(20)5-4-6-16(17)21/h4-12H,1-3H3,(H,22,23)/t12-/m1/s1. The van der Waals surface area contributed by atoms with Gasteiger partial charge in [0.05, 0.1) is 0 Å². The van der Waals surface area contributed by atoms with E-state index in [1.807, 2.05) is 12.1 Å². The molecule has 2 aromatic carbocycles. The minimum Gasteiger partial charge on any atom is -0.449 e. The molecule has 4 nitrogen and oxygen atoms in total. The van der Waals surface area contributed by atoms with Crippen molar-refractivity contribution in [2.24, 2.45) is 0 Å². The van der Waals surface area contributed by atoms with E-state index in [1.54, 1.807) is 12.1 Å². The molecule has 2 aromatic rings. The summed E-state index contributed by atoms with van der Waals surface area (Å²) in [5.74, 6) is -3.54. The molecule has 0 aliphatic carbocycles. The van der Waals surface area contributed by atoms with Gasteiger partial charge in [-0.05, 0) is 42.7 Å². The summed E-state index contributed by atoms with van der Waals surface area (Å²) in [6.45, 7) is 5.43. The fraction of sp³-hybridized carbons (Fsp3) is 0.263. The number of benzene rings is 2. The molecule has 0 aliphatic heterocycles. The zero-order valence-corrected chi connectivity index (χ0v) is 14.2. The quantitative estimate of drug-likeness (QED) is 0.822. The Hall–Kier alpha value is -2.76. The number of ether oxygens (including phenoxy) is 1. The Labute approximate surface area is 144 Å². The first-order chi connectivity index (χ1) is 11.8. The molecule has 2 rings (SSSR count). The van der Waals surface area contributed by atoms with Gasteiger partial charge in [-0.15, -0.1) is 0 Å². The predicted octanol–water partition coefficient (Wildman–Crippen LogP) is 4.27. The van der Waals surface area contributed by atoms with Crippen LogP contribution in [0.25, 0.3) is 0 Å². The van der Waals surface area contributed by atoms with E-state index in [9.17, 15) is 18.4 Å². The molecule has 0 unspecified atom stereocenters. The molecule has 0 aliphatic rings. The van der Waals surface area contributed by atoms with Crippen LogP contribution in [0.15, 0.2) is 42.5 Å². The first-order valence-electron chi connectivity index (χ1n) is 7.85. The Kier molecular flexibility index (Phi) is 5.85. The van der Waals surface area contributed by atoms with Gasteiger partial charge in [-0.2, -0.15) is 0 Å². The van der Waals surface area contributed by atoms with Crippen molar-refractivity contribution in [2.75, 3.05) is 5.32 Å². The van der Waals surface area contributed by atoms with Crippen LogP contribution in [0.3, 0.4) is 0 Å². The summed E-state index contributed by atoms with van der Waals surface area (Å²) in [7, 11) is 0. The number of hydrogen-bond acceptors (Lipinski definition) is 3. The van der Waals surface area contributed by atoms with Crippen molar-refractivity contribution in [1.29, 1.82) is 0 Å². The third kappa shape index (κ3) is 4.62. The monoisotopic (exact) mass is 347 g/mol. The second-order valence-electron chi connectivity index (χ2n) is 5.91. The zero-order chi connectivity index (χ0) is 18.6. The molecule has 132 valence electrons. The third-order valence-corrected chi connectivity index (χ3v) is 3.66. The van der Waals surface area contributed by atoms with Crippen LogP contribution in [-0.4, -0.2) is 18.0 Å².